The second-order valence-electron chi connectivity index (χ2n) is 8.93. The molecule has 2 atom stereocenters. The number of aliphatic hydroxyl groups excluding tert-OH is 1. The van der Waals surface area contributed by atoms with Gasteiger partial charge in [-0.25, -0.2) is 4.98 Å². The number of rotatable bonds is 8. The normalized spacial score (nSPS) is 23.2. The third kappa shape index (κ3) is 4.37. The number of carbonyl (C=O) groups excluding carboxylic acids is 1. The van der Waals surface area contributed by atoms with Crippen molar-refractivity contribution in [1.82, 2.24) is 14.9 Å². The number of amides is 1. The predicted molar refractivity (Wildman–Crippen MR) is 121 cm³/mol. The summed E-state index contributed by atoms with van der Waals surface area (Å²) in [7, 11) is 1.65. The monoisotopic (exact) mass is 440 g/mol. The number of nitrogens with zero attached hydrogens (tertiary/aromatic N) is 4. The fourth-order valence-electron chi connectivity index (χ4n) is 4.70. The average molecular weight is 441 g/mol. The Kier molecular flexibility index (Phi) is 6.50. The van der Waals surface area contributed by atoms with Gasteiger partial charge in [-0.15, -0.1) is 0 Å². The Morgan fingerprint density at radius 3 is 2.72 bits per heavy atom. The first-order chi connectivity index (χ1) is 15.5. The van der Waals surface area contributed by atoms with Crippen molar-refractivity contribution in [3.05, 3.63) is 42.4 Å². The highest BCUT2D eigenvalue weighted by atomic mass is 16.5. The fraction of sp³-hybridized carbons (Fsp3) is 0.542. The number of anilines is 1. The summed E-state index contributed by atoms with van der Waals surface area (Å²) in [5.41, 5.74) is 1.12. The molecule has 32 heavy (non-hydrogen) atoms. The van der Waals surface area contributed by atoms with Gasteiger partial charge in [0.1, 0.15) is 11.9 Å². The summed E-state index contributed by atoms with van der Waals surface area (Å²) >= 11 is 0. The van der Waals surface area contributed by atoms with Crippen LogP contribution in [0.1, 0.15) is 38.2 Å². The van der Waals surface area contributed by atoms with Crippen LogP contribution < -0.4 is 14.4 Å². The summed E-state index contributed by atoms with van der Waals surface area (Å²) in [4.78, 5) is 24.9. The van der Waals surface area contributed by atoms with E-state index < -0.39 is 0 Å². The maximum absolute atomic E-state index is 12.4. The quantitative estimate of drug-likeness (QED) is 0.675. The molecule has 2 fully saturated rings. The number of benzene rings is 1. The molecule has 1 amide bonds. The highest BCUT2D eigenvalue weighted by Gasteiger charge is 2.44. The van der Waals surface area contributed by atoms with Crippen LogP contribution in [0.2, 0.25) is 0 Å². The Balaban J connectivity index is 1.50. The van der Waals surface area contributed by atoms with E-state index in [9.17, 15) is 9.90 Å². The molecule has 3 heterocycles. The van der Waals surface area contributed by atoms with E-state index in [4.69, 9.17) is 9.47 Å². The van der Waals surface area contributed by atoms with Crippen molar-refractivity contribution in [3.8, 4) is 11.5 Å². The Bertz CT molecular complexity index is 935. The van der Waals surface area contributed by atoms with Gasteiger partial charge in [0.25, 0.3) is 0 Å². The molecule has 2 saturated heterocycles. The van der Waals surface area contributed by atoms with Crippen LogP contribution in [0.3, 0.4) is 0 Å². The molecule has 2 unspecified atom stereocenters. The van der Waals surface area contributed by atoms with Crippen LogP contribution >= 0.6 is 0 Å². The van der Waals surface area contributed by atoms with Crippen molar-refractivity contribution < 1.29 is 19.4 Å². The van der Waals surface area contributed by atoms with Gasteiger partial charge in [-0.2, -0.15) is 0 Å². The van der Waals surface area contributed by atoms with Gasteiger partial charge in [0, 0.05) is 37.8 Å². The summed E-state index contributed by atoms with van der Waals surface area (Å²) in [6.07, 6.45) is 6.29. The first-order valence-electron chi connectivity index (χ1n) is 11.2. The smallest absolute Gasteiger partial charge is 0.224 e. The van der Waals surface area contributed by atoms with Crippen LogP contribution in [0, 0.1) is 5.41 Å². The van der Waals surface area contributed by atoms with E-state index >= 15 is 0 Å². The highest BCUT2D eigenvalue weighted by molar-refractivity contribution is 5.77. The van der Waals surface area contributed by atoms with Crippen molar-refractivity contribution in [3.63, 3.8) is 0 Å². The lowest BCUT2D eigenvalue weighted by atomic mass is 9.74. The van der Waals surface area contributed by atoms with Crippen molar-refractivity contribution in [2.24, 2.45) is 5.41 Å². The number of carbonyl (C=O) groups is 1. The summed E-state index contributed by atoms with van der Waals surface area (Å²) in [5.74, 6) is 2.49. The zero-order valence-electron chi connectivity index (χ0n) is 19.0. The lowest BCUT2D eigenvalue weighted by molar-refractivity contribution is -0.131. The average Bonchev–Trinajstić information content (AvgIpc) is 3.15. The number of hydrogen-bond acceptors (Lipinski definition) is 7. The molecular weight excluding hydrogens is 408 g/mol. The van der Waals surface area contributed by atoms with E-state index in [0.717, 1.165) is 36.6 Å². The molecule has 0 aliphatic carbocycles. The van der Waals surface area contributed by atoms with E-state index in [2.05, 4.69) is 40.8 Å². The molecule has 1 N–H and O–H groups in total. The topological polar surface area (TPSA) is 88.0 Å². The lowest BCUT2D eigenvalue weighted by Gasteiger charge is -2.39. The molecule has 8 nitrogen and oxygen atoms in total. The lowest BCUT2D eigenvalue weighted by Crippen LogP contribution is -2.54. The third-order valence-corrected chi connectivity index (χ3v) is 6.89. The molecule has 172 valence electrons. The SMILES string of the molecule is CCC1(C)CN(C(=O)CCO)CC1c1ccc(OC)c(OC2CN(c3cnccn3)C2)c1. The molecule has 2 aliphatic rings. The van der Waals surface area contributed by atoms with E-state index in [1.165, 1.54) is 0 Å². The molecular formula is C24H32N4O4. The van der Waals surface area contributed by atoms with Crippen LogP contribution in [0.25, 0.3) is 0 Å². The first-order valence-corrected chi connectivity index (χ1v) is 11.2. The summed E-state index contributed by atoms with van der Waals surface area (Å²) in [6, 6.07) is 6.11. The van der Waals surface area contributed by atoms with Crippen molar-refractivity contribution in [2.45, 2.75) is 38.7 Å². The number of aliphatic hydroxyl groups is 1. The largest absolute Gasteiger partial charge is 0.493 e. The number of ether oxygens (including phenoxy) is 2. The third-order valence-electron chi connectivity index (χ3n) is 6.89. The van der Waals surface area contributed by atoms with Crippen molar-refractivity contribution >= 4 is 11.7 Å². The summed E-state index contributed by atoms with van der Waals surface area (Å²) in [6.45, 7) is 7.13. The minimum absolute atomic E-state index is 0.0123. The maximum atomic E-state index is 12.4. The minimum Gasteiger partial charge on any atom is -0.493 e. The molecule has 1 aromatic carbocycles. The zero-order valence-corrected chi connectivity index (χ0v) is 19.0. The summed E-state index contributed by atoms with van der Waals surface area (Å²) in [5, 5.41) is 9.18. The van der Waals surface area contributed by atoms with Gasteiger partial charge in [0.2, 0.25) is 5.91 Å². The maximum Gasteiger partial charge on any atom is 0.224 e. The Hall–Kier alpha value is -2.87. The molecule has 0 saturated carbocycles. The molecule has 1 aromatic heterocycles. The Labute approximate surface area is 189 Å². The molecule has 4 rings (SSSR count). The number of methoxy groups -OCH3 is 1. The van der Waals surface area contributed by atoms with Crippen LogP contribution in [0.4, 0.5) is 5.82 Å². The fourth-order valence-corrected chi connectivity index (χ4v) is 4.70. The van der Waals surface area contributed by atoms with Crippen molar-refractivity contribution in [1.29, 1.82) is 0 Å². The predicted octanol–water partition coefficient (Wildman–Crippen LogP) is 2.48. The first kappa shape index (κ1) is 22.3. The Morgan fingerprint density at radius 1 is 1.25 bits per heavy atom. The van der Waals surface area contributed by atoms with Crippen LogP contribution in [0.15, 0.2) is 36.8 Å². The van der Waals surface area contributed by atoms with Crippen LogP contribution in [0.5, 0.6) is 11.5 Å². The zero-order chi connectivity index (χ0) is 22.7. The second-order valence-corrected chi connectivity index (χ2v) is 8.93. The molecule has 0 radical (unpaired) electrons. The van der Waals surface area contributed by atoms with Gasteiger partial charge in [-0.1, -0.05) is 19.9 Å². The number of aromatic nitrogens is 2. The van der Waals surface area contributed by atoms with Gasteiger partial charge in [0.15, 0.2) is 11.5 Å². The molecule has 0 bridgehead atoms. The van der Waals surface area contributed by atoms with E-state index in [1.807, 2.05) is 11.0 Å². The van der Waals surface area contributed by atoms with Gasteiger partial charge in [-0.05, 0) is 29.5 Å². The number of hydrogen-bond donors (Lipinski definition) is 1. The minimum atomic E-state index is -0.115. The van der Waals surface area contributed by atoms with E-state index in [0.29, 0.717) is 18.8 Å². The van der Waals surface area contributed by atoms with Gasteiger partial charge < -0.3 is 24.4 Å². The van der Waals surface area contributed by atoms with Crippen molar-refractivity contribution in [2.75, 3.05) is 44.8 Å². The van der Waals surface area contributed by atoms with Gasteiger partial charge >= 0.3 is 0 Å². The molecule has 2 aromatic rings. The van der Waals surface area contributed by atoms with E-state index in [1.54, 1.807) is 25.7 Å². The van der Waals surface area contributed by atoms with Crippen LogP contribution in [-0.4, -0.2) is 71.9 Å². The van der Waals surface area contributed by atoms with Gasteiger partial charge in [-0.3, -0.25) is 9.78 Å². The molecule has 2 aliphatic heterocycles. The number of likely N-dealkylation sites (tertiary alicyclic amines) is 1. The highest BCUT2D eigenvalue weighted by Crippen LogP contribution is 2.47. The van der Waals surface area contributed by atoms with Gasteiger partial charge in [0.05, 0.1) is 33.0 Å². The standard InChI is InChI=1S/C24H32N4O4/c1-4-24(2)16-28(23(30)7-10-29)15-19(24)17-5-6-20(31-3)21(11-17)32-18-13-27(14-18)22-12-25-8-9-26-22/h5-6,8-9,11-12,18-19,29H,4,7,10,13-16H2,1-3H3. The molecule has 8 heteroatoms. The van der Waals surface area contributed by atoms with Crippen LogP contribution in [-0.2, 0) is 4.79 Å². The second kappa shape index (κ2) is 9.32. The van der Waals surface area contributed by atoms with E-state index in [-0.39, 0.29) is 36.4 Å². The summed E-state index contributed by atoms with van der Waals surface area (Å²) < 4.78 is 11.9. The Morgan fingerprint density at radius 2 is 2.06 bits per heavy atom. The molecule has 0 spiro atoms.